The maximum Gasteiger partial charge on any atom is 0.257 e. The van der Waals surface area contributed by atoms with Crippen molar-refractivity contribution in [3.8, 4) is 0 Å². The molecule has 0 bridgehead atoms. The smallest absolute Gasteiger partial charge is 0.257 e. The lowest BCUT2D eigenvalue weighted by Gasteiger charge is -2.08. The summed E-state index contributed by atoms with van der Waals surface area (Å²) >= 11 is 0. The van der Waals surface area contributed by atoms with E-state index in [0.717, 1.165) is 24.5 Å². The number of halogens is 1. The number of benzene rings is 1. The van der Waals surface area contributed by atoms with Gasteiger partial charge in [0.05, 0.1) is 21.8 Å². The van der Waals surface area contributed by atoms with Crippen molar-refractivity contribution in [3.63, 3.8) is 0 Å². The molecule has 0 aliphatic rings. The maximum atomic E-state index is 13.9. The highest BCUT2D eigenvalue weighted by atomic mass is 32.2. The third kappa shape index (κ3) is 3.22. The summed E-state index contributed by atoms with van der Waals surface area (Å²) in [6.45, 7) is 1.79. The van der Waals surface area contributed by atoms with Crippen molar-refractivity contribution in [2.75, 3.05) is 11.6 Å². The van der Waals surface area contributed by atoms with Gasteiger partial charge in [-0.25, -0.2) is 17.8 Å². The molecule has 0 spiro atoms. The van der Waals surface area contributed by atoms with E-state index in [1.54, 1.807) is 24.7 Å². The first-order valence-corrected chi connectivity index (χ1v) is 9.16. The molecule has 0 saturated carbocycles. The molecule has 3 rings (SSSR count). The summed E-state index contributed by atoms with van der Waals surface area (Å²) in [5, 5.41) is 7.32. The summed E-state index contributed by atoms with van der Waals surface area (Å²) in [6, 6.07) is 4.84. The molecule has 7 nitrogen and oxygen atoms in total. The summed E-state index contributed by atoms with van der Waals surface area (Å²) < 4.78 is 38.7. The molecule has 3 aromatic rings. The molecule has 0 unspecified atom stereocenters. The van der Waals surface area contributed by atoms with Crippen LogP contribution < -0.4 is 5.32 Å². The van der Waals surface area contributed by atoms with Gasteiger partial charge < -0.3 is 5.32 Å². The van der Waals surface area contributed by atoms with E-state index in [0.29, 0.717) is 16.7 Å². The van der Waals surface area contributed by atoms with Crippen LogP contribution in [0.2, 0.25) is 0 Å². The lowest BCUT2D eigenvalue weighted by Crippen LogP contribution is -2.14. The Bertz CT molecular complexity index is 1110. The number of anilines is 1. The molecule has 0 aliphatic carbocycles. The standard InChI is InChI=1S/C16H15FN4O3S/c1-9-12-6-10(8-18-15(12)21(2)20-9)16(22)19-14-7-11(25(3,23)24)4-5-13(14)17/h4-8H,1-3H3,(H,19,22). The van der Waals surface area contributed by atoms with Crippen LogP contribution in [0.15, 0.2) is 35.4 Å². The predicted molar refractivity (Wildman–Crippen MR) is 90.7 cm³/mol. The monoisotopic (exact) mass is 362 g/mol. The Morgan fingerprint density at radius 2 is 2.00 bits per heavy atom. The van der Waals surface area contributed by atoms with Crippen LogP contribution in [0, 0.1) is 12.7 Å². The molecule has 1 N–H and O–H groups in total. The van der Waals surface area contributed by atoms with Gasteiger partial charge in [0, 0.05) is 24.9 Å². The Morgan fingerprint density at radius 1 is 1.28 bits per heavy atom. The van der Waals surface area contributed by atoms with Crippen LogP contribution in [0.25, 0.3) is 11.0 Å². The van der Waals surface area contributed by atoms with E-state index in [2.05, 4.69) is 15.4 Å². The average Bonchev–Trinajstić information content (AvgIpc) is 2.82. The summed E-state index contributed by atoms with van der Waals surface area (Å²) in [6.07, 6.45) is 2.37. The Kier molecular flexibility index (Phi) is 4.03. The number of carbonyl (C=O) groups excluding carboxylic acids is 1. The fourth-order valence-corrected chi connectivity index (χ4v) is 3.10. The van der Waals surface area contributed by atoms with E-state index in [9.17, 15) is 17.6 Å². The van der Waals surface area contributed by atoms with Crippen LogP contribution in [-0.4, -0.2) is 35.3 Å². The topological polar surface area (TPSA) is 93.9 Å². The summed E-state index contributed by atoms with van der Waals surface area (Å²) in [7, 11) is -1.77. The lowest BCUT2D eigenvalue weighted by atomic mass is 10.2. The van der Waals surface area contributed by atoms with Crippen molar-refractivity contribution in [1.29, 1.82) is 0 Å². The van der Waals surface area contributed by atoms with E-state index < -0.39 is 21.6 Å². The minimum absolute atomic E-state index is 0.0825. The highest BCUT2D eigenvalue weighted by Crippen LogP contribution is 2.21. The van der Waals surface area contributed by atoms with Crippen molar-refractivity contribution in [2.45, 2.75) is 11.8 Å². The minimum atomic E-state index is -3.52. The van der Waals surface area contributed by atoms with E-state index in [4.69, 9.17) is 0 Å². The number of sulfone groups is 1. The molecule has 0 fully saturated rings. The van der Waals surface area contributed by atoms with Crippen LogP contribution in [0.5, 0.6) is 0 Å². The Hall–Kier alpha value is -2.81. The van der Waals surface area contributed by atoms with E-state index in [1.165, 1.54) is 6.20 Å². The second-order valence-electron chi connectivity index (χ2n) is 5.67. The number of fused-ring (bicyclic) bond motifs is 1. The minimum Gasteiger partial charge on any atom is -0.319 e. The number of carbonyl (C=O) groups is 1. The van der Waals surface area contributed by atoms with Crippen molar-refractivity contribution in [1.82, 2.24) is 14.8 Å². The van der Waals surface area contributed by atoms with Gasteiger partial charge in [-0.05, 0) is 31.2 Å². The largest absolute Gasteiger partial charge is 0.319 e. The fraction of sp³-hybridized carbons (Fsp3) is 0.188. The molecule has 0 saturated heterocycles. The lowest BCUT2D eigenvalue weighted by molar-refractivity contribution is 0.102. The van der Waals surface area contributed by atoms with E-state index >= 15 is 0 Å². The number of hydrogen-bond acceptors (Lipinski definition) is 5. The molecule has 1 amide bonds. The summed E-state index contributed by atoms with van der Waals surface area (Å²) in [5.74, 6) is -1.32. The number of aromatic nitrogens is 3. The van der Waals surface area contributed by atoms with Crippen molar-refractivity contribution in [3.05, 3.63) is 47.5 Å². The number of aryl methyl sites for hydroxylation is 2. The highest BCUT2D eigenvalue weighted by Gasteiger charge is 2.16. The third-order valence-electron chi connectivity index (χ3n) is 3.74. The maximum absolute atomic E-state index is 13.9. The number of nitrogens with zero attached hydrogens (tertiary/aromatic N) is 3. The van der Waals surface area contributed by atoms with E-state index in [1.807, 2.05) is 0 Å². The number of rotatable bonds is 3. The number of pyridine rings is 1. The van der Waals surface area contributed by atoms with Crippen LogP contribution in [0.1, 0.15) is 16.1 Å². The van der Waals surface area contributed by atoms with Crippen LogP contribution >= 0.6 is 0 Å². The second kappa shape index (κ2) is 5.92. The molecule has 1 aromatic carbocycles. The van der Waals surface area contributed by atoms with Crippen molar-refractivity contribution in [2.24, 2.45) is 7.05 Å². The summed E-state index contributed by atoms with van der Waals surface area (Å²) in [5.41, 5.74) is 1.34. The molecule has 0 atom stereocenters. The van der Waals surface area contributed by atoms with Gasteiger partial charge in [0.25, 0.3) is 5.91 Å². The van der Waals surface area contributed by atoms with Gasteiger partial charge >= 0.3 is 0 Å². The number of hydrogen-bond donors (Lipinski definition) is 1. The predicted octanol–water partition coefficient (Wildman–Crippen LogP) is 2.07. The SMILES string of the molecule is Cc1nn(C)c2ncc(C(=O)Nc3cc(S(C)(=O)=O)ccc3F)cc12. The Labute approximate surface area is 143 Å². The average molecular weight is 362 g/mol. The Morgan fingerprint density at radius 3 is 2.68 bits per heavy atom. The van der Waals surface area contributed by atoms with Gasteiger partial charge in [0.1, 0.15) is 5.82 Å². The molecule has 25 heavy (non-hydrogen) atoms. The first kappa shape index (κ1) is 17.0. The molecule has 130 valence electrons. The van der Waals surface area contributed by atoms with Gasteiger partial charge in [0.2, 0.25) is 0 Å². The fourth-order valence-electron chi connectivity index (χ4n) is 2.46. The summed E-state index contributed by atoms with van der Waals surface area (Å²) in [4.78, 5) is 16.5. The molecule has 2 heterocycles. The quantitative estimate of drug-likeness (QED) is 0.720. The van der Waals surface area contributed by atoms with Gasteiger partial charge in [-0.15, -0.1) is 0 Å². The van der Waals surface area contributed by atoms with Crippen LogP contribution in [0.4, 0.5) is 10.1 Å². The van der Waals surface area contributed by atoms with Gasteiger partial charge in [-0.1, -0.05) is 0 Å². The zero-order valence-electron chi connectivity index (χ0n) is 13.7. The molecule has 9 heteroatoms. The number of amides is 1. The Balaban J connectivity index is 1.96. The molecule has 2 aromatic heterocycles. The second-order valence-corrected chi connectivity index (χ2v) is 7.69. The van der Waals surface area contributed by atoms with Gasteiger partial charge in [0.15, 0.2) is 15.5 Å². The first-order valence-electron chi connectivity index (χ1n) is 7.27. The van der Waals surface area contributed by atoms with Crippen molar-refractivity contribution >= 4 is 32.5 Å². The highest BCUT2D eigenvalue weighted by molar-refractivity contribution is 7.90. The molecular weight excluding hydrogens is 347 g/mol. The van der Waals surface area contributed by atoms with Gasteiger partial charge in [-0.3, -0.25) is 9.48 Å². The zero-order valence-corrected chi connectivity index (χ0v) is 14.6. The normalized spacial score (nSPS) is 11.7. The van der Waals surface area contributed by atoms with Gasteiger partial charge in [-0.2, -0.15) is 5.10 Å². The zero-order chi connectivity index (χ0) is 18.4. The third-order valence-corrected chi connectivity index (χ3v) is 4.85. The van der Waals surface area contributed by atoms with Crippen LogP contribution in [0.3, 0.4) is 0 Å². The first-order chi connectivity index (χ1) is 11.7. The molecule has 0 radical (unpaired) electrons. The molecular formula is C16H15FN4O3S. The van der Waals surface area contributed by atoms with Crippen molar-refractivity contribution < 1.29 is 17.6 Å². The van der Waals surface area contributed by atoms with E-state index in [-0.39, 0.29) is 16.1 Å². The van der Waals surface area contributed by atoms with Crippen LogP contribution in [-0.2, 0) is 16.9 Å². The molecule has 0 aliphatic heterocycles. The number of nitrogens with one attached hydrogen (secondary N) is 1.